The molecule has 0 aromatic heterocycles. The monoisotopic (exact) mass is 839 g/mol. The number of nitrogens with zero attached hydrogens (tertiary/aromatic N) is 4. The third-order valence-corrected chi connectivity index (χ3v) is 14.4. The normalized spacial score (nSPS) is 25.0. The number of anilines is 1. The number of aliphatic hydroxyl groups is 2. The predicted octanol–water partition coefficient (Wildman–Crippen LogP) is 5.26. The van der Waals surface area contributed by atoms with Crippen molar-refractivity contribution in [3.63, 3.8) is 0 Å². The van der Waals surface area contributed by atoms with Crippen LogP contribution >= 0.6 is 0 Å². The summed E-state index contributed by atoms with van der Waals surface area (Å²) in [6.07, 6.45) is 4.84. The third kappa shape index (κ3) is 7.65. The number of nitrogens with two attached hydrogens (primary N) is 2. The maximum atomic E-state index is 14.0. The number of likely N-dealkylation sites (tertiary alicyclic amines) is 2. The molecule has 5 aliphatic rings. The van der Waals surface area contributed by atoms with E-state index in [2.05, 4.69) is 29.6 Å². The highest BCUT2D eigenvalue weighted by atomic mass is 16.4. The number of nitrogens with one attached hydrogen (secondary N) is 1. The quantitative estimate of drug-likeness (QED) is 0.151. The van der Waals surface area contributed by atoms with Crippen LogP contribution in [0.5, 0.6) is 0 Å². The van der Waals surface area contributed by atoms with Gasteiger partial charge in [0.05, 0.1) is 18.5 Å². The summed E-state index contributed by atoms with van der Waals surface area (Å²) in [5, 5.41) is 26.9. The van der Waals surface area contributed by atoms with E-state index in [1.807, 2.05) is 34.1 Å². The molecule has 2 unspecified atom stereocenters. The Morgan fingerprint density at radius 3 is 1.48 bits per heavy atom. The van der Waals surface area contributed by atoms with E-state index in [0.29, 0.717) is 86.3 Å². The Labute approximate surface area is 362 Å². The molecule has 9 rings (SSSR count). The number of urea groups is 1. The number of rotatable bonds is 9. The van der Waals surface area contributed by atoms with Crippen LogP contribution in [-0.4, -0.2) is 103 Å². The molecule has 3 heterocycles. The molecular formula is C49H57N7O6. The molecule has 5 fully saturated rings. The van der Waals surface area contributed by atoms with Crippen molar-refractivity contribution >= 4 is 29.4 Å². The number of carbonyl (C=O) groups is 4. The minimum atomic E-state index is -1.65. The molecule has 4 aromatic rings. The van der Waals surface area contributed by atoms with E-state index in [-0.39, 0.29) is 37.0 Å². The van der Waals surface area contributed by atoms with Crippen molar-refractivity contribution in [2.24, 2.45) is 11.5 Å². The molecule has 4 atom stereocenters. The Kier molecular flexibility index (Phi) is 11.4. The third-order valence-electron chi connectivity index (χ3n) is 14.4. The first-order chi connectivity index (χ1) is 30.0. The SMILES string of the molecule is NCc1cccc(C2CCN(C(=O)c3ccc(CC(=O)N4C5CC[C@@]5(O)N(C(=O)Nc5ccc(C(=O)N6CCC(c7cccc(CN)c7)CC6)cc5)C5CC[C@]54O)cc3)CC2)c1. The molecule has 3 saturated heterocycles. The van der Waals surface area contributed by atoms with E-state index in [1.54, 1.807) is 48.5 Å². The number of piperazine rings is 1. The van der Waals surface area contributed by atoms with Crippen LogP contribution in [0.4, 0.5) is 10.5 Å². The van der Waals surface area contributed by atoms with Crippen molar-refractivity contribution in [3.05, 3.63) is 136 Å². The zero-order valence-corrected chi connectivity index (χ0v) is 35.1. The summed E-state index contributed by atoms with van der Waals surface area (Å²) in [6.45, 7) is 3.61. The number of carbonyl (C=O) groups excluding carboxylic acids is 4. The van der Waals surface area contributed by atoms with Gasteiger partial charge in [-0.05, 0) is 127 Å². The largest absolute Gasteiger partial charge is 0.369 e. The molecule has 2 aliphatic carbocycles. The van der Waals surface area contributed by atoms with Crippen molar-refractivity contribution in [2.45, 2.75) is 106 Å². The van der Waals surface area contributed by atoms with Crippen LogP contribution < -0.4 is 16.8 Å². The van der Waals surface area contributed by atoms with Gasteiger partial charge < -0.3 is 41.7 Å². The van der Waals surface area contributed by atoms with Crippen LogP contribution in [0.25, 0.3) is 0 Å². The number of piperidine rings is 2. The van der Waals surface area contributed by atoms with Gasteiger partial charge in [-0.1, -0.05) is 60.7 Å². The Morgan fingerprint density at radius 1 is 0.581 bits per heavy atom. The zero-order chi connectivity index (χ0) is 43.2. The first-order valence-corrected chi connectivity index (χ1v) is 22.2. The standard InChI is InChI=1S/C49H57N7O6/c50-30-33-3-1-5-39(27-33)35-17-23-53(24-18-35)45(58)37-9-7-32(8-10-37)29-44(57)55-42-15-22-49(42,62)56(43-16-21-48(43,55)61)47(60)52-41-13-11-38(12-14-41)46(59)54-25-19-36(20-26-54)40-6-2-4-34(28-40)31-51/h1-14,27-28,35-36,42-43,61-62H,15-26,29-31,50-51H2,(H,52,60)/t42?,43?,48-,49-/m0/s1. The molecule has 5 amide bonds. The van der Waals surface area contributed by atoms with E-state index >= 15 is 0 Å². The van der Waals surface area contributed by atoms with Gasteiger partial charge in [0.1, 0.15) is 0 Å². The molecule has 3 aliphatic heterocycles. The zero-order valence-electron chi connectivity index (χ0n) is 35.1. The van der Waals surface area contributed by atoms with E-state index in [1.165, 1.54) is 20.9 Å². The lowest BCUT2D eigenvalue weighted by molar-refractivity contribution is -0.338. The molecule has 0 spiro atoms. The Morgan fingerprint density at radius 2 is 1.03 bits per heavy atom. The van der Waals surface area contributed by atoms with E-state index < -0.39 is 29.6 Å². The second-order valence-electron chi connectivity index (χ2n) is 17.9. The fraction of sp³-hybridized carbons (Fsp3) is 0.429. The van der Waals surface area contributed by atoms with Gasteiger partial charge in [0.2, 0.25) is 5.91 Å². The average molecular weight is 840 g/mol. The van der Waals surface area contributed by atoms with E-state index in [4.69, 9.17) is 11.5 Å². The molecule has 2 saturated carbocycles. The van der Waals surface area contributed by atoms with Gasteiger partial charge in [0, 0.05) is 56.1 Å². The number of hydrogen-bond acceptors (Lipinski definition) is 8. The topological polar surface area (TPSA) is 186 Å². The summed E-state index contributed by atoms with van der Waals surface area (Å²) in [6, 6.07) is 28.4. The first-order valence-electron chi connectivity index (χ1n) is 22.2. The van der Waals surface area contributed by atoms with Gasteiger partial charge in [-0.25, -0.2) is 4.79 Å². The van der Waals surface area contributed by atoms with E-state index in [9.17, 15) is 29.4 Å². The van der Waals surface area contributed by atoms with Gasteiger partial charge in [-0.3, -0.25) is 19.3 Å². The van der Waals surface area contributed by atoms with Crippen molar-refractivity contribution in [3.8, 4) is 0 Å². The molecule has 13 nitrogen and oxygen atoms in total. The van der Waals surface area contributed by atoms with Crippen LogP contribution in [0, 0.1) is 0 Å². The molecule has 0 bridgehead atoms. The number of benzene rings is 4. The molecule has 13 heteroatoms. The first kappa shape index (κ1) is 41.7. The smallest absolute Gasteiger partial charge is 0.324 e. The lowest BCUT2D eigenvalue weighted by Gasteiger charge is -2.70. The molecular weight excluding hydrogens is 783 g/mol. The lowest BCUT2D eigenvalue weighted by atomic mass is 9.66. The van der Waals surface area contributed by atoms with Crippen molar-refractivity contribution < 1.29 is 29.4 Å². The van der Waals surface area contributed by atoms with Crippen LogP contribution in [0.2, 0.25) is 0 Å². The average Bonchev–Trinajstić information content (AvgIpc) is 3.31. The molecule has 62 heavy (non-hydrogen) atoms. The summed E-state index contributed by atoms with van der Waals surface area (Å²) in [4.78, 5) is 61.4. The van der Waals surface area contributed by atoms with Crippen LogP contribution in [0.3, 0.4) is 0 Å². The van der Waals surface area contributed by atoms with Gasteiger partial charge in [-0.15, -0.1) is 0 Å². The van der Waals surface area contributed by atoms with Gasteiger partial charge in [0.25, 0.3) is 11.8 Å². The van der Waals surface area contributed by atoms with Crippen molar-refractivity contribution in [1.29, 1.82) is 0 Å². The van der Waals surface area contributed by atoms with Crippen LogP contribution in [-0.2, 0) is 24.3 Å². The Hall–Kier alpha value is -5.60. The maximum absolute atomic E-state index is 14.0. The molecule has 4 aromatic carbocycles. The molecule has 7 N–H and O–H groups in total. The fourth-order valence-corrected chi connectivity index (χ4v) is 10.6. The van der Waals surface area contributed by atoms with E-state index in [0.717, 1.165) is 36.8 Å². The lowest BCUT2D eigenvalue weighted by Crippen LogP contribution is -2.88. The highest BCUT2D eigenvalue weighted by molar-refractivity contribution is 5.96. The van der Waals surface area contributed by atoms with Gasteiger partial charge in [-0.2, -0.15) is 0 Å². The molecule has 324 valence electrons. The minimum absolute atomic E-state index is 0.0265. The highest BCUT2D eigenvalue weighted by Gasteiger charge is 2.71. The summed E-state index contributed by atoms with van der Waals surface area (Å²) >= 11 is 0. The summed E-state index contributed by atoms with van der Waals surface area (Å²) in [5.41, 5.74) is 15.4. The molecule has 0 radical (unpaired) electrons. The van der Waals surface area contributed by atoms with Crippen molar-refractivity contribution in [1.82, 2.24) is 19.6 Å². The number of amides is 5. The highest BCUT2D eigenvalue weighted by Crippen LogP contribution is 2.55. The van der Waals surface area contributed by atoms with Crippen LogP contribution in [0.15, 0.2) is 97.1 Å². The van der Waals surface area contributed by atoms with Gasteiger partial charge in [0.15, 0.2) is 11.4 Å². The summed E-state index contributed by atoms with van der Waals surface area (Å²) in [5.74, 6) is 0.315. The minimum Gasteiger partial charge on any atom is -0.369 e. The maximum Gasteiger partial charge on any atom is 0.324 e. The number of hydrogen-bond donors (Lipinski definition) is 5. The van der Waals surface area contributed by atoms with Crippen LogP contribution in [0.1, 0.15) is 112 Å². The number of fused-ring (bicyclic) bond motifs is 2. The fourth-order valence-electron chi connectivity index (χ4n) is 10.6. The van der Waals surface area contributed by atoms with Crippen molar-refractivity contribution in [2.75, 3.05) is 31.5 Å². The Balaban J connectivity index is 0.793. The van der Waals surface area contributed by atoms with Gasteiger partial charge >= 0.3 is 6.03 Å². The summed E-state index contributed by atoms with van der Waals surface area (Å²) in [7, 11) is 0. The Bertz CT molecular complexity index is 2160. The predicted molar refractivity (Wildman–Crippen MR) is 235 cm³/mol. The summed E-state index contributed by atoms with van der Waals surface area (Å²) < 4.78 is 0. The second-order valence-corrected chi connectivity index (χ2v) is 17.9. The second kappa shape index (κ2) is 16.9.